The third-order valence-electron chi connectivity index (χ3n) is 1.71. The molecule has 1 amide bonds. The summed E-state index contributed by atoms with van der Waals surface area (Å²) in [6.07, 6.45) is -0.361. The number of rotatable bonds is 1. The van der Waals surface area contributed by atoms with Crippen molar-refractivity contribution in [2.75, 3.05) is 13.2 Å². The minimum absolute atomic E-state index is 0.152. The molecule has 0 radical (unpaired) electrons. The van der Waals surface area contributed by atoms with Crippen LogP contribution in [0.25, 0.3) is 0 Å². The number of hydrogen-bond acceptors (Lipinski definition) is 3. The van der Waals surface area contributed by atoms with Crippen LogP contribution >= 0.6 is 0 Å². The summed E-state index contributed by atoms with van der Waals surface area (Å²) in [4.78, 5) is 10.2. The summed E-state index contributed by atoms with van der Waals surface area (Å²) in [7, 11) is 0. The molecule has 64 valence electrons. The van der Waals surface area contributed by atoms with Crippen LogP contribution in [0.3, 0.4) is 0 Å². The van der Waals surface area contributed by atoms with E-state index in [2.05, 4.69) is 5.32 Å². The average molecular weight is 160 g/mol. The zero-order valence-electron chi connectivity index (χ0n) is 6.12. The minimum Gasteiger partial charge on any atom is -0.465 e. The van der Waals surface area contributed by atoms with E-state index >= 15 is 0 Å². The maximum absolute atomic E-state index is 10.2. The van der Waals surface area contributed by atoms with Crippen LogP contribution in [-0.4, -0.2) is 36.5 Å². The van der Waals surface area contributed by atoms with Gasteiger partial charge >= 0.3 is 6.09 Å². The SMILES string of the molecule is N[C@H]1COCC[C@H]1NC(=O)O. The van der Waals surface area contributed by atoms with Gasteiger partial charge in [0.15, 0.2) is 0 Å². The predicted molar refractivity (Wildman–Crippen MR) is 38.4 cm³/mol. The van der Waals surface area contributed by atoms with Crippen molar-refractivity contribution in [1.29, 1.82) is 0 Å². The van der Waals surface area contributed by atoms with E-state index in [-0.39, 0.29) is 12.1 Å². The van der Waals surface area contributed by atoms with Gasteiger partial charge in [-0.1, -0.05) is 0 Å². The van der Waals surface area contributed by atoms with Gasteiger partial charge in [-0.3, -0.25) is 0 Å². The maximum atomic E-state index is 10.2. The number of carboxylic acid groups (broad SMARTS) is 1. The van der Waals surface area contributed by atoms with Gasteiger partial charge < -0.3 is 20.9 Å². The second-order valence-electron chi connectivity index (χ2n) is 2.58. The highest BCUT2D eigenvalue weighted by atomic mass is 16.5. The number of nitrogens with one attached hydrogen (secondary N) is 1. The molecule has 4 N–H and O–H groups in total. The van der Waals surface area contributed by atoms with Gasteiger partial charge in [0.25, 0.3) is 0 Å². The van der Waals surface area contributed by atoms with Gasteiger partial charge in [0.1, 0.15) is 0 Å². The number of amides is 1. The average Bonchev–Trinajstić information content (AvgIpc) is 1.93. The zero-order valence-corrected chi connectivity index (χ0v) is 6.12. The normalized spacial score (nSPS) is 31.4. The highest BCUT2D eigenvalue weighted by Crippen LogP contribution is 2.04. The van der Waals surface area contributed by atoms with Crippen molar-refractivity contribution in [2.45, 2.75) is 18.5 Å². The monoisotopic (exact) mass is 160 g/mol. The van der Waals surface area contributed by atoms with E-state index in [4.69, 9.17) is 15.6 Å². The quantitative estimate of drug-likeness (QED) is 0.477. The van der Waals surface area contributed by atoms with Crippen LogP contribution < -0.4 is 11.1 Å². The molecule has 0 saturated carbocycles. The van der Waals surface area contributed by atoms with E-state index in [0.29, 0.717) is 19.6 Å². The Kier molecular flexibility index (Phi) is 2.67. The molecule has 0 aromatic heterocycles. The summed E-state index contributed by atoms with van der Waals surface area (Å²) >= 11 is 0. The van der Waals surface area contributed by atoms with Crippen LogP contribution in [0.5, 0.6) is 0 Å². The molecule has 1 heterocycles. The van der Waals surface area contributed by atoms with Crippen molar-refractivity contribution >= 4 is 6.09 Å². The van der Waals surface area contributed by atoms with Gasteiger partial charge in [0, 0.05) is 12.6 Å². The number of carbonyl (C=O) groups is 1. The van der Waals surface area contributed by atoms with Gasteiger partial charge in [0.05, 0.1) is 12.6 Å². The Morgan fingerprint density at radius 3 is 3.00 bits per heavy atom. The van der Waals surface area contributed by atoms with Crippen LogP contribution in [0, 0.1) is 0 Å². The van der Waals surface area contributed by atoms with Gasteiger partial charge in [-0.2, -0.15) is 0 Å². The van der Waals surface area contributed by atoms with Crippen molar-refractivity contribution in [3.05, 3.63) is 0 Å². The first-order chi connectivity index (χ1) is 5.20. The summed E-state index contributed by atoms with van der Waals surface area (Å²) in [5, 5.41) is 10.7. The van der Waals surface area contributed by atoms with E-state index in [1.807, 2.05) is 0 Å². The predicted octanol–water partition coefficient (Wildman–Crippen LogP) is -0.630. The lowest BCUT2D eigenvalue weighted by Crippen LogP contribution is -2.52. The fraction of sp³-hybridized carbons (Fsp3) is 0.833. The molecular weight excluding hydrogens is 148 g/mol. The molecule has 0 aromatic rings. The smallest absolute Gasteiger partial charge is 0.404 e. The first kappa shape index (κ1) is 8.29. The van der Waals surface area contributed by atoms with Crippen LogP contribution in [0.15, 0.2) is 0 Å². The van der Waals surface area contributed by atoms with Crippen molar-refractivity contribution in [3.63, 3.8) is 0 Å². The van der Waals surface area contributed by atoms with E-state index in [1.165, 1.54) is 0 Å². The Morgan fingerprint density at radius 2 is 2.45 bits per heavy atom. The fourth-order valence-electron chi connectivity index (χ4n) is 1.10. The van der Waals surface area contributed by atoms with Crippen molar-refractivity contribution < 1.29 is 14.6 Å². The Labute approximate surface area is 64.5 Å². The molecule has 1 rings (SSSR count). The van der Waals surface area contributed by atoms with E-state index in [0.717, 1.165) is 0 Å². The Balaban J connectivity index is 2.35. The highest BCUT2D eigenvalue weighted by Gasteiger charge is 2.23. The molecule has 0 aromatic carbocycles. The van der Waals surface area contributed by atoms with Crippen LogP contribution in [0.2, 0.25) is 0 Å². The van der Waals surface area contributed by atoms with Crippen molar-refractivity contribution in [3.8, 4) is 0 Å². The first-order valence-electron chi connectivity index (χ1n) is 3.53. The van der Waals surface area contributed by atoms with Crippen molar-refractivity contribution in [2.24, 2.45) is 5.73 Å². The molecule has 1 aliphatic rings. The van der Waals surface area contributed by atoms with Gasteiger partial charge in [0.2, 0.25) is 0 Å². The van der Waals surface area contributed by atoms with Crippen LogP contribution in [0.4, 0.5) is 4.79 Å². The summed E-state index contributed by atoms with van der Waals surface area (Å²) in [5.74, 6) is 0. The summed E-state index contributed by atoms with van der Waals surface area (Å²) in [6, 6.07) is -0.360. The molecule has 1 fully saturated rings. The highest BCUT2D eigenvalue weighted by molar-refractivity contribution is 5.64. The molecule has 0 spiro atoms. The molecule has 11 heavy (non-hydrogen) atoms. The number of ether oxygens (including phenoxy) is 1. The lowest BCUT2D eigenvalue weighted by atomic mass is 10.1. The Hall–Kier alpha value is -0.810. The molecule has 5 heteroatoms. The second-order valence-corrected chi connectivity index (χ2v) is 2.58. The Morgan fingerprint density at radius 1 is 1.73 bits per heavy atom. The molecule has 2 atom stereocenters. The van der Waals surface area contributed by atoms with E-state index < -0.39 is 6.09 Å². The van der Waals surface area contributed by atoms with E-state index in [1.54, 1.807) is 0 Å². The molecule has 0 aliphatic carbocycles. The lowest BCUT2D eigenvalue weighted by Gasteiger charge is -2.28. The standard InChI is InChI=1S/C6H12N2O3/c7-4-3-11-2-1-5(4)8-6(9)10/h4-5,8H,1-3,7H2,(H,9,10)/t4-,5+/m0/s1. The molecule has 0 unspecified atom stereocenters. The van der Waals surface area contributed by atoms with Crippen LogP contribution in [-0.2, 0) is 4.74 Å². The first-order valence-corrected chi connectivity index (χ1v) is 3.53. The van der Waals surface area contributed by atoms with Crippen LogP contribution in [0.1, 0.15) is 6.42 Å². The summed E-state index contributed by atoms with van der Waals surface area (Å²) < 4.78 is 5.04. The Bertz CT molecular complexity index is 151. The molecule has 1 aliphatic heterocycles. The van der Waals surface area contributed by atoms with Crippen molar-refractivity contribution in [1.82, 2.24) is 5.32 Å². The largest absolute Gasteiger partial charge is 0.465 e. The fourth-order valence-corrected chi connectivity index (χ4v) is 1.10. The van der Waals surface area contributed by atoms with Gasteiger partial charge in [-0.15, -0.1) is 0 Å². The zero-order chi connectivity index (χ0) is 8.27. The van der Waals surface area contributed by atoms with Gasteiger partial charge in [-0.25, -0.2) is 4.79 Å². The third-order valence-corrected chi connectivity index (χ3v) is 1.71. The molecular formula is C6H12N2O3. The maximum Gasteiger partial charge on any atom is 0.404 e. The third kappa shape index (κ3) is 2.36. The van der Waals surface area contributed by atoms with Gasteiger partial charge in [-0.05, 0) is 6.42 Å². The number of nitrogens with two attached hydrogens (primary N) is 1. The van der Waals surface area contributed by atoms with E-state index in [9.17, 15) is 4.79 Å². The second kappa shape index (κ2) is 3.54. The topological polar surface area (TPSA) is 84.6 Å². The minimum atomic E-state index is -1.02. The lowest BCUT2D eigenvalue weighted by molar-refractivity contribution is 0.0617. The molecule has 1 saturated heterocycles. The summed E-state index contributed by atoms with van der Waals surface area (Å²) in [6.45, 7) is 1.02. The summed E-state index contributed by atoms with van der Waals surface area (Å²) in [5.41, 5.74) is 5.58. The number of hydrogen-bond donors (Lipinski definition) is 3. The molecule has 5 nitrogen and oxygen atoms in total. The molecule has 0 bridgehead atoms.